The van der Waals surface area contributed by atoms with E-state index in [1.807, 2.05) is 5.10 Å². The number of hydrogen-bond donors (Lipinski definition) is 1. The van der Waals surface area contributed by atoms with Gasteiger partial charge < -0.3 is 0 Å². The summed E-state index contributed by atoms with van der Waals surface area (Å²) in [5, 5.41) is 5.26. The number of nitrogens with one attached hydrogen (secondary N) is 1. The minimum absolute atomic E-state index is 0.112. The Morgan fingerprint density at radius 1 is 1.62 bits per heavy atom. The Bertz CT molecular complexity index is 284. The summed E-state index contributed by atoms with van der Waals surface area (Å²) in [5.74, 6) is -3.84. The number of H-pyrrole nitrogens is 1. The lowest BCUT2D eigenvalue weighted by Crippen LogP contribution is -2.30. The monoisotopic (exact) mass is 196 g/mol. The van der Waals surface area contributed by atoms with Gasteiger partial charge in [0.1, 0.15) is 12.4 Å². The van der Waals surface area contributed by atoms with Crippen LogP contribution in [0.1, 0.15) is 11.3 Å². The van der Waals surface area contributed by atoms with Gasteiger partial charge in [0.25, 0.3) is 0 Å². The molecule has 0 radical (unpaired) electrons. The zero-order chi connectivity index (χ0) is 10.1. The second-order valence-corrected chi connectivity index (χ2v) is 2.67. The van der Waals surface area contributed by atoms with Crippen molar-refractivity contribution in [2.75, 3.05) is 6.67 Å². The van der Waals surface area contributed by atoms with Crippen molar-refractivity contribution in [2.45, 2.75) is 19.0 Å². The van der Waals surface area contributed by atoms with E-state index in [-0.39, 0.29) is 5.56 Å². The van der Waals surface area contributed by atoms with Crippen LogP contribution >= 0.6 is 0 Å². The van der Waals surface area contributed by atoms with E-state index < -0.39 is 24.5 Å². The molecule has 0 spiro atoms. The predicted octanol–water partition coefficient (Wildman–Crippen LogP) is 2.12. The van der Waals surface area contributed by atoms with Crippen molar-refractivity contribution in [3.8, 4) is 0 Å². The Labute approximate surface area is 72.0 Å². The molecule has 0 saturated carbocycles. The third-order valence-corrected chi connectivity index (χ3v) is 1.69. The zero-order valence-corrected chi connectivity index (χ0v) is 6.82. The van der Waals surface area contributed by atoms with Crippen molar-refractivity contribution >= 4 is 0 Å². The Morgan fingerprint density at radius 3 is 2.62 bits per heavy atom. The number of nitrogens with zero attached hydrogens (tertiary/aromatic N) is 1. The third kappa shape index (κ3) is 1.66. The number of aromatic nitrogens is 2. The van der Waals surface area contributed by atoms with Crippen LogP contribution in [0, 0.1) is 6.92 Å². The molecule has 0 fully saturated rings. The molecule has 2 nitrogen and oxygen atoms in total. The highest BCUT2D eigenvalue weighted by atomic mass is 19.3. The highest BCUT2D eigenvalue weighted by Gasteiger charge is 2.44. The molecule has 0 saturated heterocycles. The molecule has 1 atom stereocenters. The molecule has 1 rings (SSSR count). The molecule has 1 aromatic rings. The Kier molecular flexibility index (Phi) is 2.58. The van der Waals surface area contributed by atoms with Crippen molar-refractivity contribution in [3.63, 3.8) is 0 Å². The normalized spacial score (nSPS) is 14.5. The number of aromatic amines is 1. The van der Waals surface area contributed by atoms with E-state index in [1.54, 1.807) is 0 Å². The van der Waals surface area contributed by atoms with Crippen LogP contribution in [0.15, 0.2) is 6.20 Å². The highest BCUT2D eigenvalue weighted by molar-refractivity contribution is 5.20. The number of rotatable bonds is 3. The van der Waals surface area contributed by atoms with Gasteiger partial charge in [0.15, 0.2) is 6.17 Å². The van der Waals surface area contributed by atoms with Crippen LogP contribution in [0.2, 0.25) is 0 Å². The van der Waals surface area contributed by atoms with Crippen molar-refractivity contribution < 1.29 is 17.6 Å². The minimum Gasteiger partial charge on any atom is -0.276 e. The van der Waals surface area contributed by atoms with Gasteiger partial charge in [-0.25, -0.2) is 8.78 Å². The molecule has 1 aromatic heterocycles. The standard InChI is InChI=1S/C7H8F4N2/c1-4-3-12-13-6(4)7(10,11)5(9)2-8/h3,5H,2H2,1H3,(H,12,13). The first kappa shape index (κ1) is 10.0. The first-order valence-electron chi connectivity index (χ1n) is 3.58. The van der Waals surface area contributed by atoms with Crippen LogP contribution in [0.25, 0.3) is 0 Å². The molecule has 1 unspecified atom stereocenters. The van der Waals surface area contributed by atoms with Gasteiger partial charge in [0.2, 0.25) is 0 Å². The Balaban J connectivity index is 2.99. The summed E-state index contributed by atoms with van der Waals surface area (Å²) >= 11 is 0. The van der Waals surface area contributed by atoms with Crippen LogP contribution in [0.5, 0.6) is 0 Å². The topological polar surface area (TPSA) is 28.7 Å². The molecule has 0 aliphatic rings. The number of hydrogen-bond acceptors (Lipinski definition) is 1. The molecular weight excluding hydrogens is 188 g/mol. The fourth-order valence-electron chi connectivity index (χ4n) is 0.937. The lowest BCUT2D eigenvalue weighted by Gasteiger charge is -2.17. The first-order valence-corrected chi connectivity index (χ1v) is 3.58. The predicted molar refractivity (Wildman–Crippen MR) is 38.1 cm³/mol. The maximum Gasteiger partial charge on any atom is 0.322 e. The average Bonchev–Trinajstić information content (AvgIpc) is 2.50. The second kappa shape index (κ2) is 3.35. The Hall–Kier alpha value is -1.07. The van der Waals surface area contributed by atoms with Crippen molar-refractivity contribution in [2.24, 2.45) is 0 Å². The van der Waals surface area contributed by atoms with Crippen LogP contribution in [0.3, 0.4) is 0 Å². The van der Waals surface area contributed by atoms with Gasteiger partial charge in [-0.15, -0.1) is 0 Å². The van der Waals surface area contributed by atoms with Gasteiger partial charge in [0, 0.05) is 0 Å². The maximum atomic E-state index is 13.0. The number of alkyl halides is 4. The second-order valence-electron chi connectivity index (χ2n) is 2.67. The van der Waals surface area contributed by atoms with Gasteiger partial charge in [-0.3, -0.25) is 5.10 Å². The largest absolute Gasteiger partial charge is 0.322 e. The molecule has 74 valence electrons. The zero-order valence-electron chi connectivity index (χ0n) is 6.82. The summed E-state index contributed by atoms with van der Waals surface area (Å²) < 4.78 is 50.1. The molecule has 0 bridgehead atoms. The van der Waals surface area contributed by atoms with E-state index in [2.05, 4.69) is 5.10 Å². The van der Waals surface area contributed by atoms with E-state index in [0.29, 0.717) is 0 Å². The number of aryl methyl sites for hydroxylation is 1. The number of halogens is 4. The molecule has 0 aliphatic carbocycles. The molecule has 1 N–H and O–H groups in total. The first-order chi connectivity index (χ1) is 6.00. The summed E-state index contributed by atoms with van der Waals surface area (Å²) in [7, 11) is 0. The fourth-order valence-corrected chi connectivity index (χ4v) is 0.937. The average molecular weight is 196 g/mol. The van der Waals surface area contributed by atoms with Crippen molar-refractivity contribution in [1.29, 1.82) is 0 Å². The molecule has 6 heteroatoms. The minimum atomic E-state index is -3.84. The van der Waals surface area contributed by atoms with Crippen LogP contribution < -0.4 is 0 Å². The van der Waals surface area contributed by atoms with Gasteiger partial charge in [-0.05, 0) is 12.5 Å². The maximum absolute atomic E-state index is 13.0. The molecule has 0 aliphatic heterocycles. The summed E-state index contributed by atoms with van der Waals surface area (Å²) in [5.41, 5.74) is -0.557. The van der Waals surface area contributed by atoms with Crippen LogP contribution in [-0.2, 0) is 5.92 Å². The van der Waals surface area contributed by atoms with Crippen LogP contribution in [0.4, 0.5) is 17.6 Å². The van der Waals surface area contributed by atoms with Gasteiger partial charge in [-0.1, -0.05) is 0 Å². The van der Waals surface area contributed by atoms with Crippen molar-refractivity contribution in [3.05, 3.63) is 17.5 Å². The summed E-state index contributed by atoms with van der Waals surface area (Å²) in [4.78, 5) is 0. The SMILES string of the molecule is Cc1cn[nH]c1C(F)(F)C(F)CF. The Morgan fingerprint density at radius 2 is 2.23 bits per heavy atom. The van der Waals surface area contributed by atoms with Crippen molar-refractivity contribution in [1.82, 2.24) is 10.2 Å². The highest BCUT2D eigenvalue weighted by Crippen LogP contribution is 2.34. The molecule has 13 heavy (non-hydrogen) atoms. The fraction of sp³-hybridized carbons (Fsp3) is 0.571. The van der Waals surface area contributed by atoms with E-state index in [4.69, 9.17) is 0 Å². The third-order valence-electron chi connectivity index (χ3n) is 1.69. The molecular formula is C7H8F4N2. The summed E-state index contributed by atoms with van der Waals surface area (Å²) in [6, 6.07) is 0. The molecule has 1 heterocycles. The van der Waals surface area contributed by atoms with Gasteiger partial charge in [0.05, 0.1) is 6.20 Å². The quantitative estimate of drug-likeness (QED) is 0.737. The smallest absolute Gasteiger partial charge is 0.276 e. The van der Waals surface area contributed by atoms with E-state index in [1.165, 1.54) is 6.92 Å². The van der Waals surface area contributed by atoms with Gasteiger partial charge in [-0.2, -0.15) is 13.9 Å². The summed E-state index contributed by atoms with van der Waals surface area (Å²) in [6.07, 6.45) is -1.69. The molecule has 0 amide bonds. The summed E-state index contributed by atoms with van der Waals surface area (Å²) in [6.45, 7) is -0.372. The lowest BCUT2D eigenvalue weighted by atomic mass is 10.1. The lowest BCUT2D eigenvalue weighted by molar-refractivity contribution is -0.0895. The van der Waals surface area contributed by atoms with E-state index >= 15 is 0 Å². The van der Waals surface area contributed by atoms with E-state index in [9.17, 15) is 17.6 Å². The van der Waals surface area contributed by atoms with Gasteiger partial charge >= 0.3 is 5.92 Å². The van der Waals surface area contributed by atoms with Crippen LogP contribution in [-0.4, -0.2) is 23.0 Å². The molecule has 0 aromatic carbocycles. The van der Waals surface area contributed by atoms with E-state index in [0.717, 1.165) is 6.20 Å².